The Kier molecular flexibility index (Phi) is 9.57. The summed E-state index contributed by atoms with van der Waals surface area (Å²) in [6, 6.07) is 20.0. The fourth-order valence-corrected chi connectivity index (χ4v) is 4.59. The molecule has 0 saturated heterocycles. The van der Waals surface area contributed by atoms with E-state index >= 15 is 0 Å². The Labute approximate surface area is 238 Å². The van der Waals surface area contributed by atoms with Crippen molar-refractivity contribution in [1.82, 2.24) is 20.4 Å². The van der Waals surface area contributed by atoms with Crippen molar-refractivity contribution in [2.45, 2.75) is 20.3 Å². The van der Waals surface area contributed by atoms with Crippen LogP contribution < -0.4 is 30.6 Å². The number of aryl methyl sites for hydroxylation is 1. The number of nitrogens with one attached hydrogen (secondary N) is 2. The molecule has 214 valence electrons. The largest absolute Gasteiger partial charge is 0.493 e. The first-order valence-corrected chi connectivity index (χ1v) is 13.5. The van der Waals surface area contributed by atoms with Gasteiger partial charge in [-0.05, 0) is 56.2 Å². The number of amides is 2. The smallest absolute Gasteiger partial charge is 0.279 e. The third-order valence-electron chi connectivity index (χ3n) is 6.72. The van der Waals surface area contributed by atoms with Crippen LogP contribution >= 0.6 is 0 Å². The number of anilines is 1. The SMILES string of the molecule is CCN(CCCNC(=O)CNC(=O)c1nn(-c2ccc(OC)c(OC)c2)c(=O)c2ccccc12)c1cccc(C)c1. The lowest BCUT2D eigenvalue weighted by Crippen LogP contribution is -2.39. The number of benzene rings is 3. The molecule has 0 radical (unpaired) electrons. The Balaban J connectivity index is 1.43. The first-order valence-electron chi connectivity index (χ1n) is 13.5. The number of fused-ring (bicyclic) bond motifs is 1. The monoisotopic (exact) mass is 557 g/mol. The maximum atomic E-state index is 13.3. The number of rotatable bonds is 12. The number of methoxy groups -OCH3 is 2. The van der Waals surface area contributed by atoms with Crippen LogP contribution in [0.5, 0.6) is 11.5 Å². The first kappa shape index (κ1) is 29.1. The van der Waals surface area contributed by atoms with Gasteiger partial charge in [-0.15, -0.1) is 0 Å². The Morgan fingerprint density at radius 2 is 1.68 bits per heavy atom. The molecule has 0 unspecified atom stereocenters. The quantitative estimate of drug-likeness (QED) is 0.256. The number of nitrogens with zero attached hydrogens (tertiary/aromatic N) is 3. The third kappa shape index (κ3) is 6.84. The number of hydrogen-bond acceptors (Lipinski definition) is 7. The predicted molar refractivity (Wildman–Crippen MR) is 159 cm³/mol. The fourth-order valence-electron chi connectivity index (χ4n) is 4.59. The normalized spacial score (nSPS) is 10.7. The highest BCUT2D eigenvalue weighted by Crippen LogP contribution is 2.29. The molecule has 1 aromatic heterocycles. The number of ether oxygens (including phenoxy) is 2. The van der Waals surface area contributed by atoms with Crippen molar-refractivity contribution in [1.29, 1.82) is 0 Å². The van der Waals surface area contributed by atoms with Crippen molar-refractivity contribution in [3.63, 3.8) is 0 Å². The number of carbonyl (C=O) groups is 2. The summed E-state index contributed by atoms with van der Waals surface area (Å²) in [5.41, 5.74) is 2.39. The van der Waals surface area contributed by atoms with E-state index in [0.29, 0.717) is 34.5 Å². The maximum absolute atomic E-state index is 13.3. The Hall–Kier alpha value is -4.86. The molecule has 0 atom stereocenters. The van der Waals surface area contributed by atoms with Crippen LogP contribution in [0.2, 0.25) is 0 Å². The van der Waals surface area contributed by atoms with Crippen molar-refractivity contribution in [3.8, 4) is 17.2 Å². The molecule has 0 saturated carbocycles. The van der Waals surface area contributed by atoms with Crippen LogP contribution in [-0.4, -0.2) is 62.0 Å². The van der Waals surface area contributed by atoms with Gasteiger partial charge in [-0.3, -0.25) is 14.4 Å². The van der Waals surface area contributed by atoms with E-state index in [-0.39, 0.29) is 18.1 Å². The van der Waals surface area contributed by atoms with Crippen molar-refractivity contribution >= 4 is 28.3 Å². The van der Waals surface area contributed by atoms with E-state index in [0.717, 1.165) is 29.9 Å². The van der Waals surface area contributed by atoms with Gasteiger partial charge in [0.15, 0.2) is 17.2 Å². The van der Waals surface area contributed by atoms with E-state index in [2.05, 4.69) is 52.7 Å². The van der Waals surface area contributed by atoms with E-state index < -0.39 is 11.5 Å². The molecule has 0 aliphatic rings. The molecule has 4 rings (SSSR count). The van der Waals surface area contributed by atoms with Crippen molar-refractivity contribution in [3.05, 3.63) is 88.3 Å². The Bertz CT molecular complexity index is 1600. The van der Waals surface area contributed by atoms with Crippen molar-refractivity contribution in [2.24, 2.45) is 0 Å². The van der Waals surface area contributed by atoms with Gasteiger partial charge < -0.3 is 25.0 Å². The zero-order valence-corrected chi connectivity index (χ0v) is 23.8. The maximum Gasteiger partial charge on any atom is 0.279 e. The van der Waals surface area contributed by atoms with E-state index in [9.17, 15) is 14.4 Å². The van der Waals surface area contributed by atoms with Crippen LogP contribution in [-0.2, 0) is 4.79 Å². The molecule has 0 fully saturated rings. The second-order valence-corrected chi connectivity index (χ2v) is 9.46. The molecule has 2 amide bonds. The van der Waals surface area contributed by atoms with E-state index in [1.165, 1.54) is 19.8 Å². The molecule has 2 N–H and O–H groups in total. The first-order chi connectivity index (χ1) is 19.9. The van der Waals surface area contributed by atoms with Gasteiger partial charge in [0.2, 0.25) is 5.91 Å². The highest BCUT2D eigenvalue weighted by Gasteiger charge is 2.19. The highest BCUT2D eigenvalue weighted by molar-refractivity contribution is 6.05. The Morgan fingerprint density at radius 3 is 2.39 bits per heavy atom. The topological polar surface area (TPSA) is 115 Å². The standard InChI is InChI=1S/C31H35N5O5/c1-5-35(22-11-8-10-21(2)18-22)17-9-16-32-28(37)20-33-30(38)29-24-12-6-7-13-25(24)31(39)36(34-29)23-14-15-26(40-3)27(19-23)41-4/h6-8,10-15,18-19H,5,9,16-17,20H2,1-4H3,(H,32,37)(H,33,38). The van der Waals surface area contributed by atoms with Gasteiger partial charge >= 0.3 is 0 Å². The number of hydrogen-bond donors (Lipinski definition) is 2. The second-order valence-electron chi connectivity index (χ2n) is 9.46. The van der Waals surface area contributed by atoms with Crippen LogP contribution in [0, 0.1) is 6.92 Å². The van der Waals surface area contributed by atoms with Crippen LogP contribution in [0.4, 0.5) is 5.69 Å². The van der Waals surface area contributed by atoms with E-state index in [1.54, 1.807) is 42.5 Å². The predicted octanol–water partition coefficient (Wildman–Crippen LogP) is 3.47. The molecule has 41 heavy (non-hydrogen) atoms. The van der Waals surface area contributed by atoms with Crippen molar-refractivity contribution in [2.75, 3.05) is 45.3 Å². The van der Waals surface area contributed by atoms with E-state index in [1.807, 2.05) is 6.07 Å². The van der Waals surface area contributed by atoms with Gasteiger partial charge in [0, 0.05) is 36.8 Å². The summed E-state index contributed by atoms with van der Waals surface area (Å²) < 4.78 is 11.8. The van der Waals surface area contributed by atoms with Gasteiger partial charge in [-0.1, -0.05) is 30.3 Å². The van der Waals surface area contributed by atoms with Crippen LogP contribution in [0.25, 0.3) is 16.5 Å². The summed E-state index contributed by atoms with van der Waals surface area (Å²) in [6.45, 7) is 6.07. The summed E-state index contributed by atoms with van der Waals surface area (Å²) >= 11 is 0. The van der Waals surface area contributed by atoms with Crippen molar-refractivity contribution < 1.29 is 19.1 Å². The average Bonchev–Trinajstić information content (AvgIpc) is 2.99. The lowest BCUT2D eigenvalue weighted by atomic mass is 10.1. The zero-order valence-electron chi connectivity index (χ0n) is 23.8. The summed E-state index contributed by atoms with van der Waals surface area (Å²) in [6.07, 6.45) is 0.754. The summed E-state index contributed by atoms with van der Waals surface area (Å²) in [4.78, 5) is 41.2. The van der Waals surface area contributed by atoms with Gasteiger partial charge in [0.1, 0.15) is 0 Å². The second kappa shape index (κ2) is 13.5. The number of carbonyl (C=O) groups excluding carboxylic acids is 2. The minimum Gasteiger partial charge on any atom is -0.493 e. The highest BCUT2D eigenvalue weighted by atomic mass is 16.5. The molecule has 0 aliphatic heterocycles. The van der Waals surface area contributed by atoms with E-state index in [4.69, 9.17) is 9.47 Å². The molecule has 10 nitrogen and oxygen atoms in total. The molecule has 0 bridgehead atoms. The minimum atomic E-state index is -0.567. The fraction of sp³-hybridized carbons (Fsp3) is 0.290. The third-order valence-corrected chi connectivity index (χ3v) is 6.72. The van der Waals surface area contributed by atoms with Gasteiger partial charge in [-0.25, -0.2) is 0 Å². The Morgan fingerprint density at radius 1 is 0.927 bits per heavy atom. The molecule has 3 aromatic carbocycles. The summed E-state index contributed by atoms with van der Waals surface area (Å²) in [5, 5.41) is 10.6. The molecule has 4 aromatic rings. The van der Waals surface area contributed by atoms with Gasteiger partial charge in [0.25, 0.3) is 11.5 Å². The molecule has 10 heteroatoms. The molecular weight excluding hydrogens is 522 g/mol. The lowest BCUT2D eigenvalue weighted by molar-refractivity contribution is -0.120. The molecule has 0 aliphatic carbocycles. The minimum absolute atomic E-state index is 0.0273. The van der Waals surface area contributed by atoms with Gasteiger partial charge in [0.05, 0.1) is 31.8 Å². The van der Waals surface area contributed by atoms with Crippen LogP contribution in [0.15, 0.2) is 71.5 Å². The molecule has 0 spiro atoms. The number of aromatic nitrogens is 2. The average molecular weight is 558 g/mol. The lowest BCUT2D eigenvalue weighted by Gasteiger charge is -2.23. The molecular formula is C31H35N5O5. The summed E-state index contributed by atoms with van der Waals surface area (Å²) in [5.74, 6) is 0.0266. The zero-order chi connectivity index (χ0) is 29.4. The van der Waals surface area contributed by atoms with Crippen LogP contribution in [0.3, 0.4) is 0 Å². The summed E-state index contributed by atoms with van der Waals surface area (Å²) in [7, 11) is 3.01. The molecule has 1 heterocycles. The van der Waals surface area contributed by atoms with Crippen LogP contribution in [0.1, 0.15) is 29.4 Å². The van der Waals surface area contributed by atoms with Gasteiger partial charge in [-0.2, -0.15) is 9.78 Å².